The summed E-state index contributed by atoms with van der Waals surface area (Å²) >= 11 is 2.87. The molecule has 0 spiro atoms. The minimum atomic E-state index is -0.0281. The van der Waals surface area contributed by atoms with Crippen LogP contribution in [-0.4, -0.2) is 29.6 Å². The zero-order chi connectivity index (χ0) is 14.1. The highest BCUT2D eigenvalue weighted by atomic mass is 32.2. The van der Waals surface area contributed by atoms with Crippen molar-refractivity contribution in [2.24, 2.45) is 5.92 Å². The lowest BCUT2D eigenvalue weighted by Crippen LogP contribution is -2.23. The number of rotatable bonds is 3. The number of hydrogen-bond donors (Lipinski definition) is 2. The molecule has 4 nitrogen and oxygen atoms in total. The Balaban J connectivity index is 2.05. The molecule has 0 radical (unpaired) electrons. The maximum atomic E-state index is 11.6. The molecule has 2 heterocycles. The van der Waals surface area contributed by atoms with Gasteiger partial charge in [0.25, 0.3) is 0 Å². The van der Waals surface area contributed by atoms with E-state index >= 15 is 0 Å². The third kappa shape index (κ3) is 2.39. The van der Waals surface area contributed by atoms with E-state index in [0.29, 0.717) is 0 Å². The molecule has 2 N–H and O–H groups in total. The van der Waals surface area contributed by atoms with Crippen molar-refractivity contribution in [3.05, 3.63) is 44.4 Å². The summed E-state index contributed by atoms with van der Waals surface area (Å²) in [4.78, 5) is 15.5. The van der Waals surface area contributed by atoms with E-state index < -0.39 is 0 Å². The molecule has 2 atom stereocenters. The molecular weight excluding hydrogens is 294 g/mol. The standard InChI is InChI=1S/C14H15NO3S2/c1-18-10-4-2-8(3-5-10)11-9(6-16)7-19-13-12(11)20-14(17)15-13/h2-5,9,11,16H,6-7H2,1H3,(H,15,17). The van der Waals surface area contributed by atoms with Crippen LogP contribution in [0.5, 0.6) is 5.75 Å². The Morgan fingerprint density at radius 2 is 2.15 bits per heavy atom. The van der Waals surface area contributed by atoms with Gasteiger partial charge in [0.1, 0.15) is 5.75 Å². The number of aliphatic hydroxyl groups is 1. The molecule has 0 bridgehead atoms. The van der Waals surface area contributed by atoms with E-state index in [4.69, 9.17) is 4.74 Å². The van der Waals surface area contributed by atoms with Crippen molar-refractivity contribution in [3.8, 4) is 5.75 Å². The largest absolute Gasteiger partial charge is 0.497 e. The van der Waals surface area contributed by atoms with Crippen molar-refractivity contribution < 1.29 is 9.84 Å². The highest BCUT2D eigenvalue weighted by molar-refractivity contribution is 7.99. The molecule has 3 rings (SSSR count). The van der Waals surface area contributed by atoms with Crippen LogP contribution >= 0.6 is 23.1 Å². The predicted octanol–water partition coefficient (Wildman–Crippen LogP) is 2.29. The van der Waals surface area contributed by atoms with Crippen LogP contribution in [0.25, 0.3) is 0 Å². The first-order valence-electron chi connectivity index (χ1n) is 6.33. The molecule has 2 unspecified atom stereocenters. The molecule has 1 aromatic heterocycles. The summed E-state index contributed by atoms with van der Waals surface area (Å²) in [5, 5.41) is 10.6. The first-order valence-corrected chi connectivity index (χ1v) is 8.13. The molecular formula is C14H15NO3S2. The zero-order valence-electron chi connectivity index (χ0n) is 11.0. The van der Waals surface area contributed by atoms with Crippen molar-refractivity contribution in [1.82, 2.24) is 4.98 Å². The number of ether oxygens (including phenoxy) is 1. The van der Waals surface area contributed by atoms with Gasteiger partial charge < -0.3 is 14.8 Å². The van der Waals surface area contributed by atoms with Gasteiger partial charge in [-0.3, -0.25) is 4.79 Å². The summed E-state index contributed by atoms with van der Waals surface area (Å²) in [6.07, 6.45) is 0. The molecule has 6 heteroatoms. The number of thioether (sulfide) groups is 1. The Morgan fingerprint density at radius 1 is 1.40 bits per heavy atom. The number of aromatic amines is 1. The highest BCUT2D eigenvalue weighted by Gasteiger charge is 2.33. The van der Waals surface area contributed by atoms with Crippen LogP contribution in [0.15, 0.2) is 34.1 Å². The Kier molecular flexibility index (Phi) is 3.87. The normalized spacial score (nSPS) is 21.5. The second-order valence-corrected chi connectivity index (χ2v) is 6.76. The molecule has 0 amide bonds. The van der Waals surface area contributed by atoms with Gasteiger partial charge in [0, 0.05) is 29.1 Å². The lowest BCUT2D eigenvalue weighted by atomic mass is 9.86. The van der Waals surface area contributed by atoms with E-state index in [9.17, 15) is 9.90 Å². The van der Waals surface area contributed by atoms with Gasteiger partial charge in [-0.15, -0.1) is 11.8 Å². The molecule has 0 saturated heterocycles. The number of H-pyrrole nitrogens is 1. The van der Waals surface area contributed by atoms with E-state index in [-0.39, 0.29) is 23.3 Å². The van der Waals surface area contributed by atoms with Crippen molar-refractivity contribution in [2.75, 3.05) is 19.5 Å². The topological polar surface area (TPSA) is 62.3 Å². The number of aromatic nitrogens is 1. The summed E-state index contributed by atoms with van der Waals surface area (Å²) in [6.45, 7) is 0.120. The number of fused-ring (bicyclic) bond motifs is 1. The fourth-order valence-electron chi connectivity index (χ4n) is 2.53. The fourth-order valence-corrected chi connectivity index (χ4v) is 4.96. The maximum Gasteiger partial charge on any atom is 0.305 e. The average Bonchev–Trinajstić information content (AvgIpc) is 2.86. The van der Waals surface area contributed by atoms with Gasteiger partial charge in [0.15, 0.2) is 0 Å². The maximum absolute atomic E-state index is 11.6. The average molecular weight is 309 g/mol. The minimum Gasteiger partial charge on any atom is -0.497 e. The van der Waals surface area contributed by atoms with Gasteiger partial charge >= 0.3 is 4.87 Å². The quantitative estimate of drug-likeness (QED) is 0.913. The first-order chi connectivity index (χ1) is 9.72. The summed E-state index contributed by atoms with van der Waals surface area (Å²) in [5.74, 6) is 1.83. The van der Waals surface area contributed by atoms with Crippen molar-refractivity contribution in [3.63, 3.8) is 0 Å². The number of aliphatic hydroxyl groups excluding tert-OH is 1. The summed E-state index contributed by atoms with van der Waals surface area (Å²) in [7, 11) is 1.64. The summed E-state index contributed by atoms with van der Waals surface area (Å²) < 4.78 is 5.18. The fraction of sp³-hybridized carbons (Fsp3) is 0.357. The molecule has 0 aliphatic carbocycles. The van der Waals surface area contributed by atoms with Gasteiger partial charge in [0.2, 0.25) is 0 Å². The third-order valence-corrected chi connectivity index (χ3v) is 5.85. The molecule has 2 aromatic rings. The SMILES string of the molecule is COc1ccc(C2c3sc(=O)[nH]c3SCC2CO)cc1. The van der Waals surface area contributed by atoms with E-state index in [2.05, 4.69) is 4.98 Å². The molecule has 1 aliphatic rings. The summed E-state index contributed by atoms with van der Waals surface area (Å²) in [5.41, 5.74) is 1.11. The van der Waals surface area contributed by atoms with Crippen LogP contribution in [0.3, 0.4) is 0 Å². The van der Waals surface area contributed by atoms with E-state index in [0.717, 1.165) is 27.0 Å². The van der Waals surface area contributed by atoms with Crippen molar-refractivity contribution in [2.45, 2.75) is 10.9 Å². The van der Waals surface area contributed by atoms with Gasteiger partial charge in [0.05, 0.1) is 12.1 Å². The Morgan fingerprint density at radius 3 is 2.80 bits per heavy atom. The number of thiazole rings is 1. The number of benzene rings is 1. The lowest BCUT2D eigenvalue weighted by Gasteiger charge is -2.29. The smallest absolute Gasteiger partial charge is 0.305 e. The number of methoxy groups -OCH3 is 1. The first kappa shape index (κ1) is 13.7. The minimum absolute atomic E-state index is 0.0281. The van der Waals surface area contributed by atoms with Crippen LogP contribution in [0, 0.1) is 5.92 Å². The van der Waals surface area contributed by atoms with E-state index in [1.165, 1.54) is 11.3 Å². The van der Waals surface area contributed by atoms with E-state index in [1.54, 1.807) is 18.9 Å². The second kappa shape index (κ2) is 5.63. The zero-order valence-corrected chi connectivity index (χ0v) is 12.6. The summed E-state index contributed by atoms with van der Waals surface area (Å²) in [6, 6.07) is 7.85. The van der Waals surface area contributed by atoms with Crippen LogP contribution in [0.1, 0.15) is 16.4 Å². The Bertz CT molecular complexity index is 647. The Hall–Kier alpha value is -1.24. The molecule has 20 heavy (non-hydrogen) atoms. The van der Waals surface area contributed by atoms with Crippen LogP contribution in [0.4, 0.5) is 0 Å². The lowest BCUT2D eigenvalue weighted by molar-refractivity contribution is 0.227. The molecule has 1 aromatic carbocycles. The molecule has 106 valence electrons. The number of nitrogens with one attached hydrogen (secondary N) is 1. The second-order valence-electron chi connectivity index (χ2n) is 4.71. The van der Waals surface area contributed by atoms with Gasteiger partial charge in [-0.25, -0.2) is 0 Å². The predicted molar refractivity (Wildman–Crippen MR) is 81.1 cm³/mol. The highest BCUT2D eigenvalue weighted by Crippen LogP contribution is 2.45. The third-order valence-electron chi connectivity index (χ3n) is 3.55. The molecule has 1 aliphatic heterocycles. The van der Waals surface area contributed by atoms with Crippen LogP contribution < -0.4 is 9.61 Å². The Labute approximate surface area is 124 Å². The van der Waals surface area contributed by atoms with Gasteiger partial charge in [-0.1, -0.05) is 23.5 Å². The van der Waals surface area contributed by atoms with Crippen molar-refractivity contribution in [1.29, 1.82) is 0 Å². The van der Waals surface area contributed by atoms with Crippen LogP contribution in [-0.2, 0) is 0 Å². The monoisotopic (exact) mass is 309 g/mol. The van der Waals surface area contributed by atoms with Crippen LogP contribution in [0.2, 0.25) is 0 Å². The van der Waals surface area contributed by atoms with E-state index in [1.807, 2.05) is 24.3 Å². The van der Waals surface area contributed by atoms with Gasteiger partial charge in [-0.05, 0) is 17.7 Å². The van der Waals surface area contributed by atoms with Gasteiger partial charge in [-0.2, -0.15) is 0 Å². The molecule has 0 fully saturated rings. The molecule has 0 saturated carbocycles. The number of hydrogen-bond acceptors (Lipinski definition) is 5. The van der Waals surface area contributed by atoms with Crippen molar-refractivity contribution >= 4 is 23.1 Å².